The maximum absolute atomic E-state index is 12.9. The summed E-state index contributed by atoms with van der Waals surface area (Å²) in [5, 5.41) is 2.95. The van der Waals surface area contributed by atoms with Gasteiger partial charge in [-0.3, -0.25) is 9.59 Å². The zero-order chi connectivity index (χ0) is 15.1. The summed E-state index contributed by atoms with van der Waals surface area (Å²) in [6.45, 7) is 10.1. The quantitative estimate of drug-likeness (QED) is 0.847. The van der Waals surface area contributed by atoms with E-state index in [0.29, 0.717) is 0 Å². The normalized spacial score (nSPS) is 31.9. The molecule has 0 spiro atoms. The van der Waals surface area contributed by atoms with Crippen LogP contribution >= 0.6 is 11.8 Å². The largest absolute Gasteiger partial charge is 0.342 e. The van der Waals surface area contributed by atoms with Gasteiger partial charge in [-0.05, 0) is 23.5 Å². The minimum absolute atomic E-state index is 0.0106. The highest BCUT2D eigenvalue weighted by Crippen LogP contribution is 2.32. The molecule has 2 aliphatic heterocycles. The summed E-state index contributed by atoms with van der Waals surface area (Å²) in [7, 11) is 0. The van der Waals surface area contributed by atoms with Gasteiger partial charge in [0.25, 0.3) is 0 Å². The Morgan fingerprint density at radius 1 is 1.30 bits per heavy atom. The Morgan fingerprint density at radius 3 is 2.40 bits per heavy atom. The third-order valence-electron chi connectivity index (χ3n) is 4.15. The SMILES string of the molecule is CC(C)C1C(=O)NC(C(C)(C)C)C(=O)N1C1CCSC1. The van der Waals surface area contributed by atoms with Crippen molar-refractivity contribution < 1.29 is 9.59 Å². The highest BCUT2D eigenvalue weighted by atomic mass is 32.2. The Morgan fingerprint density at radius 2 is 1.95 bits per heavy atom. The van der Waals surface area contributed by atoms with Crippen LogP contribution in [0.2, 0.25) is 0 Å². The van der Waals surface area contributed by atoms with Gasteiger partial charge in [0.1, 0.15) is 12.1 Å². The molecule has 2 heterocycles. The number of hydrogen-bond acceptors (Lipinski definition) is 3. The van der Waals surface area contributed by atoms with Crippen molar-refractivity contribution in [3.63, 3.8) is 0 Å². The van der Waals surface area contributed by atoms with Crippen LogP contribution in [0.25, 0.3) is 0 Å². The van der Waals surface area contributed by atoms with E-state index in [1.807, 2.05) is 51.3 Å². The number of nitrogens with one attached hydrogen (secondary N) is 1. The topological polar surface area (TPSA) is 49.4 Å². The lowest BCUT2D eigenvalue weighted by Gasteiger charge is -2.47. The first kappa shape index (κ1) is 15.7. The van der Waals surface area contributed by atoms with Crippen molar-refractivity contribution in [1.82, 2.24) is 10.2 Å². The van der Waals surface area contributed by atoms with Gasteiger partial charge in [-0.1, -0.05) is 34.6 Å². The van der Waals surface area contributed by atoms with Gasteiger partial charge in [0, 0.05) is 11.8 Å². The molecule has 114 valence electrons. The van der Waals surface area contributed by atoms with Gasteiger partial charge in [0.15, 0.2) is 0 Å². The fourth-order valence-electron chi connectivity index (χ4n) is 3.06. The van der Waals surface area contributed by atoms with Gasteiger partial charge in [-0.15, -0.1) is 0 Å². The van der Waals surface area contributed by atoms with Crippen LogP contribution in [-0.2, 0) is 9.59 Å². The van der Waals surface area contributed by atoms with Gasteiger partial charge in [-0.2, -0.15) is 11.8 Å². The molecule has 2 aliphatic rings. The van der Waals surface area contributed by atoms with E-state index < -0.39 is 6.04 Å². The molecule has 0 bridgehead atoms. The van der Waals surface area contributed by atoms with Crippen molar-refractivity contribution in [2.24, 2.45) is 11.3 Å². The Balaban J connectivity index is 2.33. The van der Waals surface area contributed by atoms with Crippen LogP contribution in [0.4, 0.5) is 0 Å². The number of hydrogen-bond donors (Lipinski definition) is 1. The van der Waals surface area contributed by atoms with Crippen molar-refractivity contribution >= 4 is 23.6 Å². The highest BCUT2D eigenvalue weighted by Gasteiger charge is 2.48. The zero-order valence-electron chi connectivity index (χ0n) is 13.1. The first-order valence-corrected chi connectivity index (χ1v) is 8.59. The molecule has 1 N–H and O–H groups in total. The van der Waals surface area contributed by atoms with E-state index in [1.54, 1.807) is 0 Å². The molecule has 5 heteroatoms. The molecule has 0 aromatic rings. The lowest BCUT2D eigenvalue weighted by atomic mass is 9.82. The molecule has 2 fully saturated rings. The highest BCUT2D eigenvalue weighted by molar-refractivity contribution is 7.99. The number of thioether (sulfide) groups is 1. The van der Waals surface area contributed by atoms with Crippen LogP contribution in [0.5, 0.6) is 0 Å². The monoisotopic (exact) mass is 298 g/mol. The summed E-state index contributed by atoms with van der Waals surface area (Å²) in [5.74, 6) is 2.30. The van der Waals surface area contributed by atoms with Gasteiger partial charge < -0.3 is 10.2 Å². The van der Waals surface area contributed by atoms with E-state index in [4.69, 9.17) is 0 Å². The molecule has 20 heavy (non-hydrogen) atoms. The van der Waals surface area contributed by atoms with Crippen LogP contribution in [0.15, 0.2) is 0 Å². The number of carbonyl (C=O) groups is 2. The van der Waals surface area contributed by atoms with E-state index >= 15 is 0 Å². The van der Waals surface area contributed by atoms with Gasteiger partial charge in [0.2, 0.25) is 11.8 Å². The molecule has 2 saturated heterocycles. The molecule has 0 radical (unpaired) electrons. The minimum atomic E-state index is -0.407. The molecular formula is C15H26N2O2S. The smallest absolute Gasteiger partial charge is 0.246 e. The average Bonchev–Trinajstić information content (AvgIpc) is 2.82. The predicted octanol–water partition coefficient (Wildman–Crippen LogP) is 1.89. The van der Waals surface area contributed by atoms with E-state index in [0.717, 1.165) is 17.9 Å². The van der Waals surface area contributed by atoms with Crippen LogP contribution in [0.3, 0.4) is 0 Å². The summed E-state index contributed by atoms with van der Waals surface area (Å²) in [6, 6.07) is -0.504. The fraction of sp³-hybridized carbons (Fsp3) is 0.867. The molecule has 4 nitrogen and oxygen atoms in total. The van der Waals surface area contributed by atoms with E-state index in [1.165, 1.54) is 0 Å². The summed E-state index contributed by atoms with van der Waals surface area (Å²) in [4.78, 5) is 27.3. The number of carbonyl (C=O) groups excluding carboxylic acids is 2. The van der Waals surface area contributed by atoms with Crippen LogP contribution in [-0.4, -0.2) is 46.3 Å². The third kappa shape index (κ3) is 2.83. The zero-order valence-corrected chi connectivity index (χ0v) is 13.9. The molecule has 0 saturated carbocycles. The van der Waals surface area contributed by atoms with Crippen LogP contribution in [0.1, 0.15) is 41.0 Å². The van der Waals surface area contributed by atoms with Crippen molar-refractivity contribution in [2.45, 2.75) is 59.2 Å². The molecule has 2 rings (SSSR count). The first-order chi connectivity index (χ1) is 9.23. The second-order valence-electron chi connectivity index (χ2n) is 7.26. The van der Waals surface area contributed by atoms with Gasteiger partial charge in [-0.25, -0.2) is 0 Å². The third-order valence-corrected chi connectivity index (χ3v) is 5.30. The Hall–Kier alpha value is -0.710. The summed E-state index contributed by atoms with van der Waals surface area (Å²) < 4.78 is 0. The van der Waals surface area contributed by atoms with Crippen molar-refractivity contribution in [2.75, 3.05) is 11.5 Å². The van der Waals surface area contributed by atoms with E-state index in [9.17, 15) is 9.59 Å². The van der Waals surface area contributed by atoms with Gasteiger partial charge in [0.05, 0.1) is 0 Å². The van der Waals surface area contributed by atoms with Crippen molar-refractivity contribution in [3.8, 4) is 0 Å². The van der Waals surface area contributed by atoms with Gasteiger partial charge >= 0.3 is 0 Å². The molecule has 0 aromatic heterocycles. The van der Waals surface area contributed by atoms with Crippen molar-refractivity contribution in [1.29, 1.82) is 0 Å². The van der Waals surface area contributed by atoms with Crippen LogP contribution < -0.4 is 5.32 Å². The summed E-state index contributed by atoms with van der Waals surface area (Å²) in [6.07, 6.45) is 1.00. The molecular weight excluding hydrogens is 272 g/mol. The van der Waals surface area contributed by atoms with E-state index in [2.05, 4.69) is 5.32 Å². The molecule has 0 aliphatic carbocycles. The number of rotatable bonds is 2. The van der Waals surface area contributed by atoms with Crippen LogP contribution in [0, 0.1) is 11.3 Å². The summed E-state index contributed by atoms with van der Waals surface area (Å²) >= 11 is 1.88. The minimum Gasteiger partial charge on any atom is -0.342 e. The Bertz CT molecular complexity index is 397. The Kier molecular flexibility index (Phi) is 4.38. The molecule has 3 atom stereocenters. The fourth-order valence-corrected chi connectivity index (χ4v) is 4.27. The van der Waals surface area contributed by atoms with E-state index in [-0.39, 0.29) is 35.2 Å². The molecule has 2 amide bonds. The molecule has 3 unspecified atom stereocenters. The maximum Gasteiger partial charge on any atom is 0.246 e. The lowest BCUT2D eigenvalue weighted by molar-refractivity contribution is -0.156. The lowest BCUT2D eigenvalue weighted by Crippen LogP contribution is -2.69. The number of piperazine rings is 1. The standard InChI is InChI=1S/C15H26N2O2S/c1-9(2)11-13(18)16-12(15(3,4)5)14(19)17(11)10-6-7-20-8-10/h9-12H,6-8H2,1-5H3,(H,16,18). The predicted molar refractivity (Wildman–Crippen MR) is 82.6 cm³/mol. The van der Waals surface area contributed by atoms with Crippen molar-refractivity contribution in [3.05, 3.63) is 0 Å². The number of nitrogens with zero attached hydrogens (tertiary/aromatic N) is 1. The summed E-state index contributed by atoms with van der Waals surface area (Å²) in [5.41, 5.74) is -0.251. The molecule has 0 aromatic carbocycles. The Labute approximate surface area is 126 Å². The number of amides is 2. The second kappa shape index (κ2) is 5.58. The average molecular weight is 298 g/mol. The maximum atomic E-state index is 12.9. The second-order valence-corrected chi connectivity index (χ2v) is 8.41. The first-order valence-electron chi connectivity index (χ1n) is 7.43.